The number of likely N-dealkylation sites (tertiary alicyclic amines) is 1. The van der Waals surface area contributed by atoms with E-state index < -0.39 is 5.60 Å². The predicted octanol–water partition coefficient (Wildman–Crippen LogP) is 2.91. The van der Waals surface area contributed by atoms with Crippen LogP contribution in [0.2, 0.25) is 0 Å². The van der Waals surface area contributed by atoms with Gasteiger partial charge in [0.05, 0.1) is 5.60 Å². The van der Waals surface area contributed by atoms with Gasteiger partial charge in [-0.15, -0.1) is 0 Å². The second-order valence-electron chi connectivity index (χ2n) is 8.20. The zero-order chi connectivity index (χ0) is 15.1. The average molecular weight is 294 g/mol. The van der Waals surface area contributed by atoms with Crippen LogP contribution in [-0.2, 0) is 0 Å². The van der Waals surface area contributed by atoms with Crippen molar-refractivity contribution in [1.82, 2.24) is 4.90 Å². The highest BCUT2D eigenvalue weighted by Crippen LogP contribution is 2.52. The van der Waals surface area contributed by atoms with Gasteiger partial charge in [-0.3, -0.25) is 4.90 Å². The summed E-state index contributed by atoms with van der Waals surface area (Å²) >= 11 is 0. The van der Waals surface area contributed by atoms with Crippen molar-refractivity contribution in [3.63, 3.8) is 0 Å². The van der Waals surface area contributed by atoms with Gasteiger partial charge in [-0.1, -0.05) is 19.8 Å². The summed E-state index contributed by atoms with van der Waals surface area (Å²) in [7, 11) is 0. The topological polar surface area (TPSA) is 49.5 Å². The predicted molar refractivity (Wildman–Crippen MR) is 87.1 cm³/mol. The molecule has 2 atom stereocenters. The first-order valence-electron chi connectivity index (χ1n) is 9.22. The summed E-state index contributed by atoms with van der Waals surface area (Å²) in [6.45, 7) is 6.11. The van der Waals surface area contributed by atoms with Crippen molar-refractivity contribution in [3.8, 4) is 0 Å². The first-order valence-corrected chi connectivity index (χ1v) is 9.22. The van der Waals surface area contributed by atoms with E-state index in [4.69, 9.17) is 5.73 Å². The van der Waals surface area contributed by atoms with Gasteiger partial charge < -0.3 is 10.8 Å². The van der Waals surface area contributed by atoms with E-state index >= 15 is 0 Å². The van der Waals surface area contributed by atoms with Crippen molar-refractivity contribution in [3.05, 3.63) is 0 Å². The number of rotatable bonds is 5. The smallest absolute Gasteiger partial charge is 0.0856 e. The summed E-state index contributed by atoms with van der Waals surface area (Å²) in [5.74, 6) is 0.872. The molecule has 0 amide bonds. The van der Waals surface area contributed by atoms with Crippen LogP contribution >= 0.6 is 0 Å². The molecule has 3 aliphatic rings. The van der Waals surface area contributed by atoms with Crippen molar-refractivity contribution >= 4 is 0 Å². The third-order valence-corrected chi connectivity index (χ3v) is 6.80. The minimum atomic E-state index is -0.541. The minimum absolute atomic E-state index is 0.0187. The van der Waals surface area contributed by atoms with E-state index in [-0.39, 0.29) is 5.41 Å². The second kappa shape index (κ2) is 5.82. The highest BCUT2D eigenvalue weighted by atomic mass is 16.3. The summed E-state index contributed by atoms with van der Waals surface area (Å²) in [6.07, 6.45) is 11.0. The van der Waals surface area contributed by atoms with E-state index in [9.17, 15) is 5.11 Å². The Balaban J connectivity index is 1.70. The van der Waals surface area contributed by atoms with Gasteiger partial charge in [0.25, 0.3) is 0 Å². The molecule has 3 rings (SSSR count). The lowest BCUT2D eigenvalue weighted by Gasteiger charge is -2.49. The first-order chi connectivity index (χ1) is 10.0. The minimum Gasteiger partial charge on any atom is -0.388 e. The third-order valence-electron chi connectivity index (χ3n) is 6.80. The zero-order valence-corrected chi connectivity index (χ0v) is 14.0. The maximum Gasteiger partial charge on any atom is 0.0856 e. The second-order valence-corrected chi connectivity index (χ2v) is 8.20. The van der Waals surface area contributed by atoms with Gasteiger partial charge >= 0.3 is 0 Å². The highest BCUT2D eigenvalue weighted by molar-refractivity contribution is 5.10. The largest absolute Gasteiger partial charge is 0.388 e. The zero-order valence-electron chi connectivity index (χ0n) is 14.0. The van der Waals surface area contributed by atoms with Crippen molar-refractivity contribution < 1.29 is 5.11 Å². The fourth-order valence-electron chi connectivity index (χ4n) is 5.19. The van der Waals surface area contributed by atoms with Crippen molar-refractivity contribution in [1.29, 1.82) is 0 Å². The Hall–Kier alpha value is -0.120. The number of nitrogens with zero attached hydrogens (tertiary/aromatic N) is 1. The van der Waals surface area contributed by atoms with Crippen LogP contribution in [0.4, 0.5) is 0 Å². The average Bonchev–Trinajstić information content (AvgIpc) is 3.26. The Morgan fingerprint density at radius 2 is 1.86 bits per heavy atom. The molecule has 0 aromatic carbocycles. The maximum absolute atomic E-state index is 11.5. The van der Waals surface area contributed by atoms with Gasteiger partial charge in [0.2, 0.25) is 0 Å². The number of hydrogen-bond donors (Lipinski definition) is 2. The molecule has 3 N–H and O–H groups in total. The first kappa shape index (κ1) is 15.8. The van der Waals surface area contributed by atoms with Gasteiger partial charge in [0.1, 0.15) is 0 Å². The van der Waals surface area contributed by atoms with E-state index in [1.807, 2.05) is 0 Å². The van der Waals surface area contributed by atoms with Crippen LogP contribution in [0.3, 0.4) is 0 Å². The Labute approximate surface area is 130 Å². The normalized spacial score (nSPS) is 45.1. The van der Waals surface area contributed by atoms with Gasteiger partial charge in [-0.2, -0.15) is 0 Å². The lowest BCUT2D eigenvalue weighted by atomic mass is 9.60. The SMILES string of the molecule is CCCC1CCC(CN)(C2(O)CC(C)N(C3CC3)C2)CC1. The van der Waals surface area contributed by atoms with Gasteiger partial charge in [-0.05, 0) is 57.8 Å². The standard InChI is InChI=1S/C18H34N2O/c1-3-4-15-7-9-17(12-19,10-8-15)18(21)11-14(2)20(13-18)16-5-6-16/h14-16,21H,3-13,19H2,1-2H3. The van der Waals surface area contributed by atoms with Crippen LogP contribution in [0.5, 0.6) is 0 Å². The van der Waals surface area contributed by atoms with Crippen LogP contribution in [0.15, 0.2) is 0 Å². The molecule has 2 saturated carbocycles. The third kappa shape index (κ3) is 2.77. The molecule has 0 bridgehead atoms. The van der Waals surface area contributed by atoms with Crippen molar-refractivity contribution in [2.24, 2.45) is 17.1 Å². The fourth-order valence-corrected chi connectivity index (χ4v) is 5.19. The molecule has 0 spiro atoms. The monoisotopic (exact) mass is 294 g/mol. The number of aliphatic hydroxyl groups is 1. The fraction of sp³-hybridized carbons (Fsp3) is 1.00. The molecule has 21 heavy (non-hydrogen) atoms. The Kier molecular flexibility index (Phi) is 4.37. The molecule has 2 unspecified atom stereocenters. The van der Waals surface area contributed by atoms with E-state index in [0.717, 1.165) is 37.8 Å². The number of hydrogen-bond acceptors (Lipinski definition) is 3. The Bertz CT molecular complexity index is 360. The quantitative estimate of drug-likeness (QED) is 0.819. The molecule has 1 aliphatic heterocycles. The Morgan fingerprint density at radius 3 is 2.38 bits per heavy atom. The molecule has 3 fully saturated rings. The molecule has 3 heteroatoms. The van der Waals surface area contributed by atoms with E-state index in [0.29, 0.717) is 12.6 Å². The van der Waals surface area contributed by atoms with Crippen molar-refractivity contribution in [2.75, 3.05) is 13.1 Å². The van der Waals surface area contributed by atoms with Crippen LogP contribution in [-0.4, -0.2) is 40.8 Å². The van der Waals surface area contributed by atoms with Gasteiger partial charge in [0, 0.05) is 30.6 Å². The molecule has 3 nitrogen and oxygen atoms in total. The molecule has 0 radical (unpaired) electrons. The summed E-state index contributed by atoms with van der Waals surface area (Å²) in [6, 6.07) is 1.28. The molecule has 1 saturated heterocycles. The molecule has 1 heterocycles. The van der Waals surface area contributed by atoms with E-state index in [1.54, 1.807) is 0 Å². The highest BCUT2D eigenvalue weighted by Gasteiger charge is 2.57. The van der Waals surface area contributed by atoms with Gasteiger partial charge in [-0.25, -0.2) is 0 Å². The van der Waals surface area contributed by atoms with Crippen LogP contribution in [0.25, 0.3) is 0 Å². The lowest BCUT2D eigenvalue weighted by molar-refractivity contribution is -0.0971. The van der Waals surface area contributed by atoms with E-state index in [2.05, 4.69) is 18.7 Å². The number of nitrogens with two attached hydrogens (primary N) is 1. The summed E-state index contributed by atoms with van der Waals surface area (Å²) < 4.78 is 0. The Morgan fingerprint density at radius 1 is 1.19 bits per heavy atom. The summed E-state index contributed by atoms with van der Waals surface area (Å²) in [5.41, 5.74) is 5.67. The molecule has 0 aromatic rings. The molecule has 0 aromatic heterocycles. The van der Waals surface area contributed by atoms with Crippen LogP contribution < -0.4 is 5.73 Å². The molecular formula is C18H34N2O. The number of β-amino-alcohol motifs (C(OH)–C–C–N with tert-alkyl or cyclic N) is 1. The summed E-state index contributed by atoms with van der Waals surface area (Å²) in [5, 5.41) is 11.5. The molecular weight excluding hydrogens is 260 g/mol. The van der Waals surface area contributed by atoms with E-state index in [1.165, 1.54) is 38.5 Å². The molecule has 122 valence electrons. The van der Waals surface area contributed by atoms with Crippen LogP contribution in [0.1, 0.15) is 71.6 Å². The maximum atomic E-state index is 11.5. The van der Waals surface area contributed by atoms with Gasteiger partial charge in [0.15, 0.2) is 0 Å². The van der Waals surface area contributed by atoms with Crippen LogP contribution in [0, 0.1) is 11.3 Å². The molecule has 2 aliphatic carbocycles. The lowest BCUT2D eigenvalue weighted by Crippen LogP contribution is -2.55. The van der Waals surface area contributed by atoms with Crippen molar-refractivity contribution in [2.45, 2.75) is 89.3 Å². The summed E-state index contributed by atoms with van der Waals surface area (Å²) in [4.78, 5) is 2.57.